The highest BCUT2D eigenvalue weighted by Gasteiger charge is 2.19. The average Bonchev–Trinajstić information content (AvgIpc) is 2.77. The molecule has 3 aromatic rings. The van der Waals surface area contributed by atoms with Gasteiger partial charge in [-0.15, -0.1) is 0 Å². The van der Waals surface area contributed by atoms with Crippen LogP contribution in [-0.2, 0) is 17.1 Å². The van der Waals surface area contributed by atoms with E-state index in [9.17, 15) is 13.2 Å². The molecule has 1 aromatic heterocycles. The summed E-state index contributed by atoms with van der Waals surface area (Å²) in [5, 5.41) is 0. The first-order valence-electron chi connectivity index (χ1n) is 7.39. The van der Waals surface area contributed by atoms with Gasteiger partial charge in [0.1, 0.15) is 0 Å². The number of aryl methyl sites for hydroxylation is 3. The minimum atomic E-state index is -3.69. The van der Waals surface area contributed by atoms with E-state index >= 15 is 0 Å². The average molecular weight is 362 g/mol. The molecule has 5 nitrogen and oxygen atoms in total. The lowest BCUT2D eigenvalue weighted by Crippen LogP contribution is -2.15. The van der Waals surface area contributed by atoms with Crippen molar-refractivity contribution in [3.05, 3.63) is 56.7 Å². The van der Waals surface area contributed by atoms with Crippen molar-refractivity contribution in [3.63, 3.8) is 0 Å². The first-order chi connectivity index (χ1) is 11.2. The summed E-state index contributed by atoms with van der Waals surface area (Å²) in [6.45, 7) is 5.57. The van der Waals surface area contributed by atoms with Crippen LogP contribution in [0, 0.1) is 20.8 Å². The minimum absolute atomic E-state index is 0.0739. The SMILES string of the molecule is Cc1cc(C)c(C)c(S(=O)(=O)Nc2ccc3c(c2)sc(=O)n3C)c1. The fraction of sp³-hybridized carbons (Fsp3) is 0.235. The van der Waals surface area contributed by atoms with E-state index in [2.05, 4.69) is 4.72 Å². The molecule has 0 bridgehead atoms. The van der Waals surface area contributed by atoms with Gasteiger partial charge in [0.05, 0.1) is 20.8 Å². The van der Waals surface area contributed by atoms with Crippen LogP contribution in [-0.4, -0.2) is 13.0 Å². The number of nitrogens with zero attached hydrogens (tertiary/aromatic N) is 1. The highest BCUT2D eigenvalue weighted by molar-refractivity contribution is 7.92. The quantitative estimate of drug-likeness (QED) is 0.777. The number of benzene rings is 2. The zero-order chi connectivity index (χ0) is 17.6. The number of fused-ring (bicyclic) bond motifs is 1. The summed E-state index contributed by atoms with van der Waals surface area (Å²) in [6.07, 6.45) is 0. The monoisotopic (exact) mass is 362 g/mol. The van der Waals surface area contributed by atoms with Crippen molar-refractivity contribution in [3.8, 4) is 0 Å². The second-order valence-electron chi connectivity index (χ2n) is 5.92. The van der Waals surface area contributed by atoms with Gasteiger partial charge in [0.2, 0.25) is 0 Å². The summed E-state index contributed by atoms with van der Waals surface area (Å²) in [7, 11) is -1.99. The Kier molecular flexibility index (Phi) is 4.01. The molecule has 0 radical (unpaired) electrons. The van der Waals surface area contributed by atoms with Gasteiger partial charge < -0.3 is 4.57 Å². The number of hydrogen-bond acceptors (Lipinski definition) is 4. The number of nitrogens with one attached hydrogen (secondary N) is 1. The van der Waals surface area contributed by atoms with Crippen LogP contribution in [0.3, 0.4) is 0 Å². The fourth-order valence-corrected chi connectivity index (χ4v) is 5.06. The van der Waals surface area contributed by atoms with Crippen LogP contribution in [0.2, 0.25) is 0 Å². The lowest BCUT2D eigenvalue weighted by molar-refractivity contribution is 0.600. The molecule has 1 N–H and O–H groups in total. The van der Waals surface area contributed by atoms with E-state index in [0.717, 1.165) is 38.2 Å². The first kappa shape index (κ1) is 16.7. The summed E-state index contributed by atoms with van der Waals surface area (Å²) >= 11 is 1.10. The third-order valence-corrected chi connectivity index (χ3v) is 6.60. The second-order valence-corrected chi connectivity index (χ2v) is 8.56. The van der Waals surface area contributed by atoms with E-state index in [1.54, 1.807) is 42.8 Å². The van der Waals surface area contributed by atoms with Gasteiger partial charge in [-0.1, -0.05) is 17.4 Å². The molecule has 0 aliphatic rings. The van der Waals surface area contributed by atoms with E-state index in [0.29, 0.717) is 5.69 Å². The zero-order valence-electron chi connectivity index (χ0n) is 13.9. The molecule has 126 valence electrons. The predicted molar refractivity (Wildman–Crippen MR) is 98.5 cm³/mol. The topological polar surface area (TPSA) is 68.2 Å². The van der Waals surface area contributed by atoms with Gasteiger partial charge in [-0.25, -0.2) is 8.42 Å². The van der Waals surface area contributed by atoms with E-state index in [1.807, 2.05) is 19.9 Å². The lowest BCUT2D eigenvalue weighted by Gasteiger charge is -2.13. The molecular formula is C17H18N2O3S2. The fourth-order valence-electron chi connectivity index (χ4n) is 2.69. The molecule has 3 rings (SSSR count). The Balaban J connectivity index is 2.05. The lowest BCUT2D eigenvalue weighted by atomic mass is 10.1. The first-order valence-corrected chi connectivity index (χ1v) is 9.69. The predicted octanol–water partition coefficient (Wildman–Crippen LogP) is 3.33. The maximum atomic E-state index is 12.8. The number of aromatic nitrogens is 1. The largest absolute Gasteiger partial charge is 0.307 e. The second kappa shape index (κ2) is 5.75. The van der Waals surface area contributed by atoms with Gasteiger partial charge in [-0.2, -0.15) is 0 Å². The molecule has 24 heavy (non-hydrogen) atoms. The Morgan fingerprint density at radius 2 is 1.79 bits per heavy atom. The normalized spacial score (nSPS) is 11.8. The van der Waals surface area contributed by atoms with Crippen molar-refractivity contribution >= 4 is 37.3 Å². The smallest absolute Gasteiger partial charge is 0.302 e. The highest BCUT2D eigenvalue weighted by atomic mass is 32.2. The molecule has 1 heterocycles. The van der Waals surface area contributed by atoms with Crippen molar-refractivity contribution in [2.24, 2.45) is 7.05 Å². The maximum absolute atomic E-state index is 12.8. The molecule has 0 spiro atoms. The molecule has 0 aliphatic carbocycles. The molecule has 0 atom stereocenters. The van der Waals surface area contributed by atoms with Crippen LogP contribution in [0.4, 0.5) is 5.69 Å². The molecule has 0 aliphatic heterocycles. The number of sulfonamides is 1. The molecular weight excluding hydrogens is 344 g/mol. The van der Waals surface area contributed by atoms with Crippen LogP contribution < -0.4 is 9.60 Å². The van der Waals surface area contributed by atoms with E-state index < -0.39 is 10.0 Å². The van der Waals surface area contributed by atoms with Crippen molar-refractivity contribution in [2.45, 2.75) is 25.7 Å². The summed E-state index contributed by atoms with van der Waals surface area (Å²) in [5.74, 6) is 0. The standard InChI is InChI=1S/C17H18N2O3S2/c1-10-7-11(2)12(3)16(8-10)24(21,22)18-13-5-6-14-15(9-13)23-17(20)19(14)4/h5-9,18H,1-4H3. The molecule has 7 heteroatoms. The molecule has 0 saturated heterocycles. The van der Waals surface area contributed by atoms with Crippen molar-refractivity contribution < 1.29 is 8.42 Å². The van der Waals surface area contributed by atoms with Crippen LogP contribution in [0.15, 0.2) is 40.0 Å². The van der Waals surface area contributed by atoms with Crippen molar-refractivity contribution in [1.82, 2.24) is 4.57 Å². The maximum Gasteiger partial charge on any atom is 0.307 e. The van der Waals surface area contributed by atoms with Crippen molar-refractivity contribution in [2.75, 3.05) is 4.72 Å². The minimum Gasteiger partial charge on any atom is -0.302 e. The van der Waals surface area contributed by atoms with Crippen LogP contribution in [0.25, 0.3) is 10.2 Å². The molecule has 2 aromatic carbocycles. The Morgan fingerprint density at radius 3 is 2.50 bits per heavy atom. The van der Waals surface area contributed by atoms with Gasteiger partial charge in [-0.3, -0.25) is 9.52 Å². The Bertz CT molecular complexity index is 1110. The Morgan fingerprint density at radius 1 is 1.08 bits per heavy atom. The number of rotatable bonds is 3. The number of hydrogen-bond donors (Lipinski definition) is 1. The summed E-state index contributed by atoms with van der Waals surface area (Å²) in [4.78, 5) is 11.9. The van der Waals surface area contributed by atoms with E-state index in [4.69, 9.17) is 0 Å². The summed E-state index contributed by atoms with van der Waals surface area (Å²) in [6, 6.07) is 8.74. The highest BCUT2D eigenvalue weighted by Crippen LogP contribution is 2.26. The molecule has 0 amide bonds. The van der Waals surface area contributed by atoms with Gasteiger partial charge in [0, 0.05) is 7.05 Å². The Labute approximate surface area is 144 Å². The third-order valence-electron chi connectivity index (χ3n) is 4.10. The van der Waals surface area contributed by atoms with Crippen LogP contribution >= 0.6 is 11.3 Å². The summed E-state index contributed by atoms with van der Waals surface area (Å²) < 4.78 is 30.4. The molecule has 0 fully saturated rings. The van der Waals surface area contributed by atoms with Gasteiger partial charge in [0.15, 0.2) is 0 Å². The third kappa shape index (κ3) is 2.85. The molecule has 0 saturated carbocycles. The summed E-state index contributed by atoms with van der Waals surface area (Å²) in [5.41, 5.74) is 3.80. The van der Waals surface area contributed by atoms with Gasteiger partial charge >= 0.3 is 4.87 Å². The van der Waals surface area contributed by atoms with Crippen molar-refractivity contribution in [1.29, 1.82) is 0 Å². The number of thiazole rings is 1. The van der Waals surface area contributed by atoms with Crippen LogP contribution in [0.5, 0.6) is 0 Å². The zero-order valence-corrected chi connectivity index (χ0v) is 15.5. The van der Waals surface area contributed by atoms with Crippen LogP contribution in [0.1, 0.15) is 16.7 Å². The Hall–Kier alpha value is -2.12. The number of anilines is 1. The molecule has 0 unspecified atom stereocenters. The van der Waals surface area contributed by atoms with E-state index in [1.165, 1.54) is 0 Å². The van der Waals surface area contributed by atoms with E-state index in [-0.39, 0.29) is 9.77 Å². The van der Waals surface area contributed by atoms with Gasteiger partial charge in [0.25, 0.3) is 10.0 Å². The van der Waals surface area contributed by atoms with Gasteiger partial charge in [-0.05, 0) is 61.7 Å².